The van der Waals surface area contributed by atoms with Crippen LogP contribution in [0.4, 0.5) is 4.79 Å². The van der Waals surface area contributed by atoms with Crippen molar-refractivity contribution in [2.45, 2.75) is 38.8 Å². The first-order chi connectivity index (χ1) is 11.2. The fraction of sp³-hybridized carbons (Fsp3) is 0.412. The van der Waals surface area contributed by atoms with Gasteiger partial charge in [-0.05, 0) is 0 Å². The van der Waals surface area contributed by atoms with Crippen molar-refractivity contribution in [3.63, 3.8) is 0 Å². The zero-order valence-electron chi connectivity index (χ0n) is 14.0. The Balaban J connectivity index is 2.20. The van der Waals surface area contributed by atoms with Crippen molar-refractivity contribution in [1.29, 1.82) is 0 Å². The van der Waals surface area contributed by atoms with Crippen LogP contribution in [0.1, 0.15) is 25.2 Å². The van der Waals surface area contributed by atoms with Crippen LogP contribution < -0.4 is 5.32 Å². The maximum absolute atomic E-state index is 12.1. The van der Waals surface area contributed by atoms with E-state index in [0.717, 1.165) is 3.57 Å². The predicted octanol–water partition coefficient (Wildman–Crippen LogP) is 3.11. The number of alkyl carbamates (subject to hydrolysis) is 1. The molecule has 0 unspecified atom stereocenters. The molecule has 2 aromatic rings. The van der Waals surface area contributed by atoms with E-state index in [1.807, 2.05) is 12.1 Å². The Labute approximate surface area is 161 Å². The van der Waals surface area contributed by atoms with Gasteiger partial charge >= 0.3 is 161 Å². The van der Waals surface area contributed by atoms with Crippen LogP contribution in [0.5, 0.6) is 0 Å². The molecule has 1 aromatic carbocycles. The van der Waals surface area contributed by atoms with Gasteiger partial charge in [0, 0.05) is 0 Å². The van der Waals surface area contributed by atoms with E-state index in [0.29, 0.717) is 6.42 Å². The average Bonchev–Trinajstić information content (AvgIpc) is 2.81. The molecule has 0 saturated heterocycles. The predicted molar refractivity (Wildman–Crippen MR) is 102 cm³/mol. The Morgan fingerprint density at radius 3 is 2.54 bits per heavy atom. The standard InChI is InChI=1S/C17H20INO4Se/c1-17(2,3)23-16(21)19-11(15(20)22-4)9-13-14(18)10-7-5-6-8-12(10)24-13/h5-8,11H,9H2,1-4H3,(H,19,21)/t11-/m0/s1. The van der Waals surface area contributed by atoms with E-state index in [2.05, 4.69) is 40.0 Å². The van der Waals surface area contributed by atoms with Gasteiger partial charge in [-0.3, -0.25) is 0 Å². The second kappa shape index (κ2) is 7.89. The minimum absolute atomic E-state index is 0.148. The summed E-state index contributed by atoms with van der Waals surface area (Å²) in [5.41, 5.74) is -0.619. The molecular weight excluding hydrogens is 488 g/mol. The molecule has 1 heterocycles. The van der Waals surface area contributed by atoms with Gasteiger partial charge in [0.05, 0.1) is 0 Å². The van der Waals surface area contributed by atoms with Gasteiger partial charge in [0.25, 0.3) is 0 Å². The first kappa shape index (κ1) is 19.3. The zero-order valence-corrected chi connectivity index (χ0v) is 17.9. The molecular formula is C17H20INO4Se. The van der Waals surface area contributed by atoms with Crippen LogP contribution in [0.15, 0.2) is 24.3 Å². The summed E-state index contributed by atoms with van der Waals surface area (Å²) in [6.45, 7) is 5.34. The third-order valence-corrected chi connectivity index (χ3v) is 7.73. The van der Waals surface area contributed by atoms with E-state index in [4.69, 9.17) is 9.47 Å². The van der Waals surface area contributed by atoms with Crippen molar-refractivity contribution in [3.05, 3.63) is 32.3 Å². The molecule has 1 N–H and O–H groups in total. The summed E-state index contributed by atoms with van der Waals surface area (Å²) in [7, 11) is 1.32. The number of amides is 1. The monoisotopic (exact) mass is 509 g/mol. The maximum atomic E-state index is 12.1. The number of benzene rings is 1. The van der Waals surface area contributed by atoms with Crippen LogP contribution in [-0.2, 0) is 20.7 Å². The number of halogens is 1. The topological polar surface area (TPSA) is 64.6 Å². The van der Waals surface area contributed by atoms with Gasteiger partial charge in [-0.25, -0.2) is 0 Å². The molecule has 0 fully saturated rings. The summed E-state index contributed by atoms with van der Waals surface area (Å²) in [5, 5.41) is 3.85. The van der Waals surface area contributed by atoms with Gasteiger partial charge < -0.3 is 0 Å². The quantitative estimate of drug-likeness (QED) is 0.392. The van der Waals surface area contributed by atoms with Crippen molar-refractivity contribution < 1.29 is 19.1 Å². The van der Waals surface area contributed by atoms with Crippen molar-refractivity contribution in [1.82, 2.24) is 5.32 Å². The van der Waals surface area contributed by atoms with Crippen LogP contribution in [-0.4, -0.2) is 45.3 Å². The van der Waals surface area contributed by atoms with Gasteiger partial charge in [0.15, 0.2) is 0 Å². The van der Waals surface area contributed by atoms with Crippen LogP contribution in [0.25, 0.3) is 9.65 Å². The van der Waals surface area contributed by atoms with E-state index < -0.39 is 23.7 Å². The SMILES string of the molecule is COC(=O)[C@H](Cc1[se]c2ccccc2c1I)NC(=O)OC(C)(C)C. The van der Waals surface area contributed by atoms with E-state index in [-0.39, 0.29) is 14.5 Å². The molecule has 1 atom stereocenters. The summed E-state index contributed by atoms with van der Waals surface area (Å²) in [6.07, 6.45) is -0.185. The first-order valence-electron chi connectivity index (χ1n) is 7.44. The van der Waals surface area contributed by atoms with Crippen molar-refractivity contribution in [2.24, 2.45) is 0 Å². The summed E-state index contributed by atoms with van der Waals surface area (Å²) in [4.78, 5) is 24.1. The molecule has 1 amide bonds. The zero-order chi connectivity index (χ0) is 17.9. The fourth-order valence-corrected chi connectivity index (χ4v) is 6.24. The number of hydrogen-bond donors (Lipinski definition) is 1. The Bertz CT molecular complexity index is 751. The molecule has 130 valence electrons. The number of methoxy groups -OCH3 is 1. The van der Waals surface area contributed by atoms with Gasteiger partial charge in [-0.1, -0.05) is 0 Å². The average molecular weight is 508 g/mol. The Hall–Kier alpha value is -1.05. The molecule has 0 radical (unpaired) electrons. The van der Waals surface area contributed by atoms with Gasteiger partial charge in [-0.15, -0.1) is 0 Å². The van der Waals surface area contributed by atoms with E-state index in [9.17, 15) is 9.59 Å². The molecule has 0 saturated carbocycles. The first-order valence-corrected chi connectivity index (χ1v) is 10.2. The van der Waals surface area contributed by atoms with E-state index in [1.165, 1.54) is 21.2 Å². The fourth-order valence-electron chi connectivity index (χ4n) is 2.17. The number of esters is 1. The van der Waals surface area contributed by atoms with Crippen LogP contribution in [0.2, 0.25) is 0 Å². The number of carbonyl (C=O) groups is 2. The molecule has 24 heavy (non-hydrogen) atoms. The van der Waals surface area contributed by atoms with Crippen molar-refractivity contribution in [2.75, 3.05) is 7.11 Å². The van der Waals surface area contributed by atoms with Gasteiger partial charge in [-0.2, -0.15) is 0 Å². The Kier molecular flexibility index (Phi) is 6.33. The number of rotatable bonds is 4. The molecule has 7 heteroatoms. The summed E-state index contributed by atoms with van der Waals surface area (Å²) in [5.74, 6) is -0.468. The summed E-state index contributed by atoms with van der Waals surface area (Å²) in [6, 6.07) is 7.47. The second-order valence-electron chi connectivity index (χ2n) is 6.26. The van der Waals surface area contributed by atoms with E-state index in [1.54, 1.807) is 20.8 Å². The number of carbonyl (C=O) groups excluding carboxylic acids is 2. The number of hydrogen-bond acceptors (Lipinski definition) is 4. The summed E-state index contributed by atoms with van der Waals surface area (Å²) >= 11 is 2.46. The molecule has 2 rings (SSSR count). The second-order valence-corrected chi connectivity index (χ2v) is 9.73. The van der Waals surface area contributed by atoms with Gasteiger partial charge in [0.2, 0.25) is 0 Å². The third-order valence-electron chi connectivity index (χ3n) is 3.17. The summed E-state index contributed by atoms with van der Waals surface area (Å²) < 4.78 is 13.7. The van der Waals surface area contributed by atoms with Gasteiger partial charge in [0.1, 0.15) is 0 Å². The molecule has 0 spiro atoms. The number of ether oxygens (including phenoxy) is 2. The Morgan fingerprint density at radius 1 is 1.29 bits per heavy atom. The third kappa shape index (κ3) is 4.97. The van der Waals surface area contributed by atoms with E-state index >= 15 is 0 Å². The van der Waals surface area contributed by atoms with Crippen LogP contribution >= 0.6 is 22.6 Å². The van der Waals surface area contributed by atoms with Crippen molar-refractivity contribution >= 4 is 58.8 Å². The molecule has 0 aliphatic carbocycles. The molecule has 1 aromatic heterocycles. The molecule has 0 aliphatic heterocycles. The molecule has 5 nitrogen and oxygen atoms in total. The normalized spacial score (nSPS) is 12.7. The van der Waals surface area contributed by atoms with Crippen molar-refractivity contribution in [3.8, 4) is 0 Å². The number of nitrogens with one attached hydrogen (secondary N) is 1. The van der Waals surface area contributed by atoms with Crippen LogP contribution in [0.3, 0.4) is 0 Å². The molecule has 0 aliphatic rings. The number of fused-ring (bicyclic) bond motifs is 1. The molecule has 0 bridgehead atoms. The Morgan fingerprint density at radius 2 is 1.96 bits per heavy atom. The van der Waals surface area contributed by atoms with Crippen LogP contribution in [0, 0.1) is 3.57 Å². The minimum atomic E-state index is -0.749.